The Morgan fingerprint density at radius 2 is 2.17 bits per heavy atom. The van der Waals surface area contributed by atoms with Crippen LogP contribution in [0.4, 0.5) is 0 Å². The van der Waals surface area contributed by atoms with Crippen LogP contribution in [0.1, 0.15) is 6.92 Å². The smallest absolute Gasteiger partial charge is 0.327 e. The summed E-state index contributed by atoms with van der Waals surface area (Å²) >= 11 is 0.912. The molecule has 0 bridgehead atoms. The van der Waals surface area contributed by atoms with Gasteiger partial charge in [-0.25, -0.2) is 0 Å². The van der Waals surface area contributed by atoms with Gasteiger partial charge in [0.1, 0.15) is 11.2 Å². The molecule has 2 rings (SSSR count). The van der Waals surface area contributed by atoms with Gasteiger partial charge in [-0.1, -0.05) is 11.5 Å². The Labute approximate surface area is 106 Å². The summed E-state index contributed by atoms with van der Waals surface area (Å²) < 4.78 is 6.18. The van der Waals surface area contributed by atoms with Gasteiger partial charge in [-0.3, -0.25) is 13.5 Å². The Morgan fingerprint density at radius 3 is 2.83 bits per heavy atom. The van der Waals surface area contributed by atoms with Crippen LogP contribution in [-0.4, -0.2) is 26.7 Å². The van der Waals surface area contributed by atoms with E-state index in [2.05, 4.69) is 0 Å². The van der Waals surface area contributed by atoms with E-state index in [1.165, 1.54) is 16.1 Å². The number of fused-ring (bicyclic) bond motifs is 1. The second kappa shape index (κ2) is 4.69. The molecule has 96 valence electrons. The van der Waals surface area contributed by atoms with Crippen molar-refractivity contribution in [2.24, 2.45) is 0 Å². The number of aromatic nitrogens is 1. The van der Waals surface area contributed by atoms with Crippen molar-refractivity contribution in [1.29, 1.82) is 0 Å². The molecule has 0 aliphatic rings. The third-order valence-corrected chi connectivity index (χ3v) is 3.46. The maximum atomic E-state index is 11.9. The predicted molar refractivity (Wildman–Crippen MR) is 66.0 cm³/mol. The summed E-state index contributed by atoms with van der Waals surface area (Å²) in [6, 6.07) is 2.64. The second-order valence-electron chi connectivity index (χ2n) is 3.55. The minimum atomic E-state index is -0.519. The second-order valence-corrected chi connectivity index (χ2v) is 4.58. The molecule has 18 heavy (non-hydrogen) atoms. The molecule has 0 amide bonds. The lowest BCUT2D eigenvalue weighted by atomic mass is 10.2. The van der Waals surface area contributed by atoms with Gasteiger partial charge in [-0.15, -0.1) is 0 Å². The molecule has 0 aliphatic heterocycles. The van der Waals surface area contributed by atoms with Gasteiger partial charge < -0.3 is 14.9 Å². The summed E-state index contributed by atoms with van der Waals surface area (Å²) in [6.07, 6.45) is 0. The molecule has 0 unspecified atom stereocenters. The summed E-state index contributed by atoms with van der Waals surface area (Å²) in [4.78, 5) is 23.2. The van der Waals surface area contributed by atoms with Crippen LogP contribution in [0.25, 0.3) is 10.1 Å². The van der Waals surface area contributed by atoms with Gasteiger partial charge in [0.2, 0.25) is 0 Å². The minimum absolute atomic E-state index is 0.202. The fourth-order valence-corrected chi connectivity index (χ4v) is 2.55. The number of hydrogen-bond donors (Lipinski definition) is 2. The fourth-order valence-electron chi connectivity index (χ4n) is 1.54. The highest BCUT2D eigenvalue weighted by Crippen LogP contribution is 2.34. The number of rotatable bonds is 3. The first-order valence-electron chi connectivity index (χ1n) is 5.25. The number of benzene rings is 1. The summed E-state index contributed by atoms with van der Waals surface area (Å²) in [5, 5.41) is 19.2. The van der Waals surface area contributed by atoms with E-state index in [-0.39, 0.29) is 34.7 Å². The van der Waals surface area contributed by atoms with Crippen LogP contribution in [0, 0.1) is 0 Å². The van der Waals surface area contributed by atoms with Crippen LogP contribution >= 0.6 is 11.5 Å². The van der Waals surface area contributed by atoms with E-state index in [1.54, 1.807) is 6.92 Å². The van der Waals surface area contributed by atoms with Crippen LogP contribution in [0.15, 0.2) is 16.9 Å². The highest BCUT2D eigenvalue weighted by atomic mass is 32.1. The van der Waals surface area contributed by atoms with Crippen molar-refractivity contribution in [3.63, 3.8) is 0 Å². The van der Waals surface area contributed by atoms with Gasteiger partial charge in [-0.2, -0.15) is 0 Å². The van der Waals surface area contributed by atoms with Crippen molar-refractivity contribution in [3.05, 3.63) is 22.5 Å². The fraction of sp³-hybridized carbons (Fsp3) is 0.273. The SMILES string of the molecule is CCOC(=O)Cn1sc2c(O)c(O)ccc2c1=O. The molecule has 2 aromatic rings. The molecule has 1 aromatic carbocycles. The molecule has 0 atom stereocenters. The van der Waals surface area contributed by atoms with Gasteiger partial charge in [0.15, 0.2) is 11.5 Å². The number of hydrogen-bond acceptors (Lipinski definition) is 6. The van der Waals surface area contributed by atoms with Crippen molar-refractivity contribution in [2.75, 3.05) is 6.61 Å². The van der Waals surface area contributed by atoms with Crippen molar-refractivity contribution in [1.82, 2.24) is 3.96 Å². The van der Waals surface area contributed by atoms with Gasteiger partial charge in [0, 0.05) is 0 Å². The third kappa shape index (κ3) is 2.04. The predicted octanol–water partition coefficient (Wildman–Crippen LogP) is 1.04. The van der Waals surface area contributed by atoms with Crippen molar-refractivity contribution in [3.8, 4) is 11.5 Å². The summed E-state index contributed by atoms with van der Waals surface area (Å²) in [6.45, 7) is 1.71. The topological polar surface area (TPSA) is 88.8 Å². The first-order chi connectivity index (χ1) is 8.54. The molecular formula is C11H11NO5S. The number of nitrogens with zero attached hydrogens (tertiary/aromatic N) is 1. The molecule has 7 heteroatoms. The van der Waals surface area contributed by atoms with Crippen molar-refractivity contribution in [2.45, 2.75) is 13.5 Å². The van der Waals surface area contributed by atoms with Crippen LogP contribution in [0.3, 0.4) is 0 Å². The minimum Gasteiger partial charge on any atom is -0.504 e. The zero-order valence-corrected chi connectivity index (χ0v) is 10.4. The number of esters is 1. The Morgan fingerprint density at radius 1 is 1.44 bits per heavy atom. The average Bonchev–Trinajstić information content (AvgIpc) is 2.63. The maximum Gasteiger partial charge on any atom is 0.327 e. The molecule has 2 N–H and O–H groups in total. The molecule has 0 saturated heterocycles. The zero-order chi connectivity index (χ0) is 13.3. The third-order valence-electron chi connectivity index (χ3n) is 2.35. The Bertz CT molecular complexity index is 657. The van der Waals surface area contributed by atoms with Crippen LogP contribution in [-0.2, 0) is 16.1 Å². The molecule has 1 aromatic heterocycles. The lowest BCUT2D eigenvalue weighted by Crippen LogP contribution is -2.20. The first-order valence-corrected chi connectivity index (χ1v) is 6.02. The van der Waals surface area contributed by atoms with Gasteiger partial charge in [0.25, 0.3) is 5.56 Å². The number of aromatic hydroxyl groups is 2. The number of phenolic OH excluding ortho intramolecular Hbond substituents is 2. The molecule has 0 spiro atoms. The van der Waals surface area contributed by atoms with E-state index in [1.807, 2.05) is 0 Å². The molecule has 6 nitrogen and oxygen atoms in total. The van der Waals surface area contributed by atoms with E-state index in [9.17, 15) is 19.8 Å². The monoisotopic (exact) mass is 269 g/mol. The van der Waals surface area contributed by atoms with Crippen LogP contribution < -0.4 is 5.56 Å². The molecule has 1 heterocycles. The number of carbonyl (C=O) groups excluding carboxylic acids is 1. The maximum absolute atomic E-state index is 11.9. The molecular weight excluding hydrogens is 258 g/mol. The normalized spacial score (nSPS) is 10.7. The lowest BCUT2D eigenvalue weighted by Gasteiger charge is -2.00. The largest absolute Gasteiger partial charge is 0.504 e. The van der Waals surface area contributed by atoms with E-state index in [0.717, 1.165) is 11.5 Å². The number of phenols is 2. The highest BCUT2D eigenvalue weighted by Gasteiger charge is 2.15. The van der Waals surface area contributed by atoms with Crippen LogP contribution in [0.5, 0.6) is 11.5 Å². The lowest BCUT2D eigenvalue weighted by molar-refractivity contribution is -0.143. The Hall–Kier alpha value is -2.02. The van der Waals surface area contributed by atoms with E-state index >= 15 is 0 Å². The summed E-state index contributed by atoms with van der Waals surface area (Å²) in [5.41, 5.74) is -0.390. The van der Waals surface area contributed by atoms with E-state index in [0.29, 0.717) is 0 Å². The highest BCUT2D eigenvalue weighted by molar-refractivity contribution is 7.14. The Kier molecular flexibility index (Phi) is 3.24. The number of carbonyl (C=O) groups is 1. The van der Waals surface area contributed by atoms with Crippen LogP contribution in [0.2, 0.25) is 0 Å². The standard InChI is InChI=1S/C11H11NO5S/c1-2-17-8(14)5-12-11(16)6-3-4-7(13)9(15)10(6)18-12/h3-4,13,15H,2,5H2,1H3. The summed E-state index contributed by atoms with van der Waals surface area (Å²) in [7, 11) is 0. The van der Waals surface area contributed by atoms with E-state index < -0.39 is 11.5 Å². The molecule has 0 radical (unpaired) electrons. The number of ether oxygens (including phenoxy) is 1. The molecule has 0 fully saturated rings. The van der Waals surface area contributed by atoms with Gasteiger partial charge >= 0.3 is 5.97 Å². The van der Waals surface area contributed by atoms with Gasteiger partial charge in [0.05, 0.1) is 12.0 Å². The van der Waals surface area contributed by atoms with Crippen molar-refractivity contribution >= 4 is 27.6 Å². The zero-order valence-electron chi connectivity index (χ0n) is 9.54. The first kappa shape index (κ1) is 12.4. The van der Waals surface area contributed by atoms with Gasteiger partial charge in [-0.05, 0) is 19.1 Å². The van der Waals surface area contributed by atoms with E-state index in [4.69, 9.17) is 4.74 Å². The Balaban J connectivity index is 2.48. The average molecular weight is 269 g/mol. The van der Waals surface area contributed by atoms with Crippen molar-refractivity contribution < 1.29 is 19.7 Å². The quantitative estimate of drug-likeness (QED) is 0.642. The molecule has 0 saturated carbocycles. The molecule has 0 aliphatic carbocycles. The summed E-state index contributed by atoms with van der Waals surface area (Å²) in [5.74, 6) is -1.17.